The number of aryl methyl sites for hydroxylation is 1. The maximum Gasteiger partial charge on any atom is 0.214 e. The van der Waals surface area contributed by atoms with Crippen LogP contribution < -0.4 is 0 Å². The van der Waals surface area contributed by atoms with Crippen LogP contribution in [0.4, 0.5) is 0 Å². The molecule has 2 aromatic heterocycles. The van der Waals surface area contributed by atoms with Crippen molar-refractivity contribution in [2.45, 2.75) is 6.92 Å². The molecule has 0 aliphatic rings. The van der Waals surface area contributed by atoms with Crippen molar-refractivity contribution < 1.29 is 4.79 Å². The average Bonchev–Trinajstić information content (AvgIpc) is 2.72. The second kappa shape index (κ2) is 3.40. The van der Waals surface area contributed by atoms with Crippen LogP contribution in [0.15, 0.2) is 23.2 Å². The first kappa shape index (κ1) is 8.59. The molecule has 2 nitrogen and oxygen atoms in total. The zero-order valence-corrected chi connectivity index (χ0v) is 8.61. The molecule has 0 fully saturated rings. The van der Waals surface area contributed by atoms with Crippen molar-refractivity contribution in [3.05, 3.63) is 38.5 Å². The Morgan fingerprint density at radius 1 is 1.46 bits per heavy atom. The maximum atomic E-state index is 11.8. The SMILES string of the molecule is Cc1ccsc1C(=O)c1cncs1. The van der Waals surface area contributed by atoms with Gasteiger partial charge >= 0.3 is 0 Å². The summed E-state index contributed by atoms with van der Waals surface area (Å²) in [6.45, 7) is 1.95. The number of carbonyl (C=O) groups excluding carboxylic acids is 1. The van der Waals surface area contributed by atoms with E-state index >= 15 is 0 Å². The molecular formula is C9H7NOS2. The van der Waals surface area contributed by atoms with E-state index in [-0.39, 0.29) is 5.78 Å². The number of thiophene rings is 1. The fraction of sp³-hybridized carbons (Fsp3) is 0.111. The molecule has 13 heavy (non-hydrogen) atoms. The van der Waals surface area contributed by atoms with E-state index in [9.17, 15) is 4.79 Å². The lowest BCUT2D eigenvalue weighted by molar-refractivity contribution is 0.104. The molecule has 0 unspecified atom stereocenters. The van der Waals surface area contributed by atoms with Gasteiger partial charge in [0.15, 0.2) is 0 Å². The zero-order valence-electron chi connectivity index (χ0n) is 6.98. The summed E-state index contributed by atoms with van der Waals surface area (Å²) in [6.07, 6.45) is 1.62. The molecule has 0 N–H and O–H groups in total. The van der Waals surface area contributed by atoms with E-state index in [0.29, 0.717) is 4.88 Å². The first-order valence-electron chi connectivity index (χ1n) is 3.76. The smallest absolute Gasteiger partial charge is 0.214 e. The van der Waals surface area contributed by atoms with Gasteiger partial charge < -0.3 is 0 Å². The lowest BCUT2D eigenvalue weighted by Crippen LogP contribution is -1.96. The molecule has 0 atom stereocenters. The average molecular weight is 209 g/mol. The van der Waals surface area contributed by atoms with Crippen molar-refractivity contribution in [3.8, 4) is 0 Å². The highest BCUT2D eigenvalue weighted by Gasteiger charge is 2.13. The second-order valence-corrected chi connectivity index (χ2v) is 4.43. The minimum atomic E-state index is 0.0926. The fourth-order valence-electron chi connectivity index (χ4n) is 1.05. The Bertz CT molecular complexity index is 417. The minimum Gasteiger partial charge on any atom is -0.287 e. The van der Waals surface area contributed by atoms with Gasteiger partial charge in [0.2, 0.25) is 5.78 Å². The van der Waals surface area contributed by atoms with Gasteiger partial charge in [0.05, 0.1) is 15.3 Å². The van der Waals surface area contributed by atoms with Crippen LogP contribution in [0.25, 0.3) is 0 Å². The molecule has 0 spiro atoms. The van der Waals surface area contributed by atoms with Gasteiger partial charge in [-0.25, -0.2) is 0 Å². The van der Waals surface area contributed by atoms with E-state index in [2.05, 4.69) is 4.98 Å². The monoisotopic (exact) mass is 209 g/mol. The number of thiazole rings is 1. The van der Waals surface area contributed by atoms with Crippen LogP contribution in [-0.2, 0) is 0 Å². The van der Waals surface area contributed by atoms with Crippen LogP contribution in [0.5, 0.6) is 0 Å². The van der Waals surface area contributed by atoms with Crippen LogP contribution in [0.2, 0.25) is 0 Å². The molecule has 0 aromatic carbocycles. The van der Waals surface area contributed by atoms with E-state index in [1.807, 2.05) is 18.4 Å². The van der Waals surface area contributed by atoms with Crippen LogP contribution in [-0.4, -0.2) is 10.8 Å². The lowest BCUT2D eigenvalue weighted by Gasteiger charge is -1.93. The summed E-state index contributed by atoms with van der Waals surface area (Å²) >= 11 is 2.87. The van der Waals surface area contributed by atoms with Crippen molar-refractivity contribution in [1.82, 2.24) is 4.98 Å². The molecule has 0 amide bonds. The number of nitrogens with zero attached hydrogens (tertiary/aromatic N) is 1. The molecule has 0 aliphatic carbocycles. The normalized spacial score (nSPS) is 10.2. The highest BCUT2D eigenvalue weighted by molar-refractivity contribution is 7.15. The van der Waals surface area contributed by atoms with Gasteiger partial charge in [-0.3, -0.25) is 9.78 Å². The van der Waals surface area contributed by atoms with E-state index in [4.69, 9.17) is 0 Å². The van der Waals surface area contributed by atoms with E-state index in [0.717, 1.165) is 10.4 Å². The highest BCUT2D eigenvalue weighted by Crippen LogP contribution is 2.21. The van der Waals surface area contributed by atoms with E-state index in [1.54, 1.807) is 11.7 Å². The third kappa shape index (κ3) is 1.55. The van der Waals surface area contributed by atoms with Crippen LogP contribution >= 0.6 is 22.7 Å². The van der Waals surface area contributed by atoms with E-state index in [1.165, 1.54) is 22.7 Å². The Balaban J connectivity index is 2.39. The highest BCUT2D eigenvalue weighted by atomic mass is 32.1. The Labute approximate surface area is 83.9 Å². The Morgan fingerprint density at radius 2 is 2.31 bits per heavy atom. The summed E-state index contributed by atoms with van der Waals surface area (Å²) in [7, 11) is 0. The fourth-order valence-corrected chi connectivity index (χ4v) is 2.56. The summed E-state index contributed by atoms with van der Waals surface area (Å²) < 4.78 is 0. The number of hydrogen-bond acceptors (Lipinski definition) is 4. The van der Waals surface area contributed by atoms with Gasteiger partial charge in [-0.05, 0) is 23.9 Å². The number of ketones is 1. The number of rotatable bonds is 2. The topological polar surface area (TPSA) is 30.0 Å². The van der Waals surface area contributed by atoms with Crippen LogP contribution in [0.1, 0.15) is 20.1 Å². The molecule has 0 aliphatic heterocycles. The molecule has 2 rings (SSSR count). The first-order valence-corrected chi connectivity index (χ1v) is 5.52. The summed E-state index contributed by atoms with van der Waals surface area (Å²) in [5, 5.41) is 1.93. The maximum absolute atomic E-state index is 11.8. The molecular weight excluding hydrogens is 202 g/mol. The summed E-state index contributed by atoms with van der Waals surface area (Å²) in [6, 6.07) is 1.96. The lowest BCUT2D eigenvalue weighted by atomic mass is 10.2. The third-order valence-electron chi connectivity index (χ3n) is 1.72. The summed E-state index contributed by atoms with van der Waals surface area (Å²) in [4.78, 5) is 17.2. The van der Waals surface area contributed by atoms with Crippen molar-refractivity contribution >= 4 is 28.5 Å². The van der Waals surface area contributed by atoms with Crippen molar-refractivity contribution in [2.75, 3.05) is 0 Å². The Morgan fingerprint density at radius 3 is 2.85 bits per heavy atom. The van der Waals surface area contributed by atoms with Gasteiger partial charge in [-0.15, -0.1) is 22.7 Å². The van der Waals surface area contributed by atoms with Crippen molar-refractivity contribution in [3.63, 3.8) is 0 Å². The molecule has 0 saturated carbocycles. The molecule has 2 aromatic rings. The number of hydrogen-bond donors (Lipinski definition) is 0. The largest absolute Gasteiger partial charge is 0.287 e. The van der Waals surface area contributed by atoms with Gasteiger partial charge in [0.1, 0.15) is 0 Å². The predicted molar refractivity (Wildman–Crippen MR) is 54.6 cm³/mol. The molecule has 2 heterocycles. The Kier molecular flexibility index (Phi) is 2.24. The van der Waals surface area contributed by atoms with Gasteiger partial charge in [-0.2, -0.15) is 0 Å². The predicted octanol–water partition coefficient (Wildman–Crippen LogP) is 2.74. The molecule has 0 saturated heterocycles. The standard InChI is InChI=1S/C9H7NOS2/c1-6-2-3-12-9(6)8(11)7-4-10-5-13-7/h2-5H,1H3. The molecule has 66 valence electrons. The quantitative estimate of drug-likeness (QED) is 0.712. The molecule has 0 bridgehead atoms. The molecule has 0 radical (unpaired) electrons. The van der Waals surface area contributed by atoms with Gasteiger partial charge in [0, 0.05) is 6.20 Å². The van der Waals surface area contributed by atoms with Crippen molar-refractivity contribution in [1.29, 1.82) is 0 Å². The second-order valence-electron chi connectivity index (χ2n) is 2.63. The zero-order chi connectivity index (χ0) is 9.26. The van der Waals surface area contributed by atoms with Crippen LogP contribution in [0.3, 0.4) is 0 Å². The minimum absolute atomic E-state index is 0.0926. The van der Waals surface area contributed by atoms with Crippen LogP contribution in [0, 0.1) is 6.92 Å². The van der Waals surface area contributed by atoms with Crippen molar-refractivity contribution in [2.24, 2.45) is 0 Å². The Hall–Kier alpha value is -1.00. The first-order chi connectivity index (χ1) is 6.29. The third-order valence-corrected chi connectivity index (χ3v) is 3.51. The van der Waals surface area contributed by atoms with Gasteiger partial charge in [0.25, 0.3) is 0 Å². The number of aromatic nitrogens is 1. The molecule has 4 heteroatoms. The van der Waals surface area contributed by atoms with E-state index < -0.39 is 0 Å². The summed E-state index contributed by atoms with van der Waals surface area (Å²) in [5.74, 6) is 0.0926. The summed E-state index contributed by atoms with van der Waals surface area (Å²) in [5.41, 5.74) is 2.72. The van der Waals surface area contributed by atoms with Gasteiger partial charge in [-0.1, -0.05) is 0 Å². The number of carbonyl (C=O) groups is 1.